The summed E-state index contributed by atoms with van der Waals surface area (Å²) < 4.78 is 14.9. The molecule has 1 atom stereocenters. The van der Waals surface area contributed by atoms with Crippen LogP contribution in [-0.4, -0.2) is 26.9 Å². The van der Waals surface area contributed by atoms with Crippen molar-refractivity contribution in [2.45, 2.75) is 45.8 Å². The first-order chi connectivity index (χ1) is 25.4. The van der Waals surface area contributed by atoms with Crippen LogP contribution in [0.5, 0.6) is 0 Å². The zero-order valence-electron chi connectivity index (χ0n) is 29.1. The highest BCUT2D eigenvalue weighted by Crippen LogP contribution is 2.36. The lowest BCUT2D eigenvalue weighted by Crippen LogP contribution is -2.43. The second-order valence-electron chi connectivity index (χ2n) is 12.6. The van der Waals surface area contributed by atoms with Crippen LogP contribution >= 0.6 is 22.7 Å². The van der Waals surface area contributed by atoms with Gasteiger partial charge in [0.2, 0.25) is 0 Å². The second kappa shape index (κ2) is 15.9. The molecule has 4 aromatic carbocycles. The molecule has 1 N–H and O–H groups in total. The van der Waals surface area contributed by atoms with E-state index in [4.69, 9.17) is 4.98 Å². The Labute approximate surface area is 312 Å². The number of hydrogen-bond acceptors (Lipinski definition) is 6. The standard InChI is InChI=1S/C22H22N2OS.C21H17FN2OS.H2/c1-2-17-12-13-20(26-17)21-23-19-11-7-6-10-18(19)22(25)24(21)15-14-16-8-4-3-5-9-16;1-2-16-11-12-19(26-16)20-23-18-6-4-3-5-17(18)21(25)24(20)13-14-7-9-15(22)10-8-14;/h3-13,21,23H,2,14-15H2,1H3;3-12H,2,13H2,1H3;1H. The van der Waals surface area contributed by atoms with Crippen LogP contribution in [0.1, 0.15) is 57.6 Å². The number of aromatic nitrogens is 2. The first-order valence-electron chi connectivity index (χ1n) is 17.5. The number of carbonyl (C=O) groups is 1. The van der Waals surface area contributed by atoms with Gasteiger partial charge in [-0.1, -0.05) is 80.6 Å². The number of anilines is 1. The predicted molar refractivity (Wildman–Crippen MR) is 214 cm³/mol. The number of hydrogen-bond donors (Lipinski definition) is 1. The molecule has 1 amide bonds. The van der Waals surface area contributed by atoms with E-state index >= 15 is 0 Å². The molecule has 0 fully saturated rings. The topological polar surface area (TPSA) is 67.2 Å². The Balaban J connectivity index is 0.000000178. The van der Waals surface area contributed by atoms with Gasteiger partial charge in [-0.3, -0.25) is 14.2 Å². The third-order valence-electron chi connectivity index (χ3n) is 9.15. The fraction of sp³-hybridized carbons (Fsp3) is 0.186. The van der Waals surface area contributed by atoms with Crippen molar-refractivity contribution < 1.29 is 10.6 Å². The molecule has 1 aliphatic rings. The minimum Gasteiger partial charge on any atom is -0.360 e. The van der Waals surface area contributed by atoms with Crippen molar-refractivity contribution in [1.82, 2.24) is 14.5 Å². The largest absolute Gasteiger partial charge is 0.360 e. The van der Waals surface area contributed by atoms with E-state index in [9.17, 15) is 14.0 Å². The summed E-state index contributed by atoms with van der Waals surface area (Å²) in [7, 11) is 0. The van der Waals surface area contributed by atoms with Gasteiger partial charge in [-0.15, -0.1) is 22.7 Å². The number of thiophene rings is 2. The monoisotopic (exact) mass is 728 g/mol. The number of halogens is 1. The quantitative estimate of drug-likeness (QED) is 0.161. The average Bonchev–Trinajstić information content (AvgIpc) is 3.88. The van der Waals surface area contributed by atoms with E-state index in [1.54, 1.807) is 45.4 Å². The maximum atomic E-state index is 13.2. The van der Waals surface area contributed by atoms with Crippen LogP contribution in [0.3, 0.4) is 0 Å². The van der Waals surface area contributed by atoms with Crippen LogP contribution in [0.2, 0.25) is 0 Å². The molecule has 8 rings (SSSR count). The van der Waals surface area contributed by atoms with Crippen LogP contribution in [0.25, 0.3) is 21.6 Å². The molecule has 52 heavy (non-hydrogen) atoms. The van der Waals surface area contributed by atoms with E-state index in [1.807, 2.05) is 71.6 Å². The lowest BCUT2D eigenvalue weighted by atomic mass is 10.1. The Kier molecular flexibility index (Phi) is 10.7. The van der Waals surface area contributed by atoms with Crippen molar-refractivity contribution in [3.8, 4) is 10.7 Å². The van der Waals surface area contributed by atoms with Gasteiger partial charge in [0.25, 0.3) is 11.5 Å². The molecule has 1 aliphatic heterocycles. The summed E-state index contributed by atoms with van der Waals surface area (Å²) >= 11 is 3.43. The van der Waals surface area contributed by atoms with Crippen molar-refractivity contribution >= 4 is 45.2 Å². The number of para-hydroxylation sites is 2. The molecule has 4 heterocycles. The number of amides is 1. The fourth-order valence-corrected chi connectivity index (χ4v) is 8.30. The van der Waals surface area contributed by atoms with Gasteiger partial charge < -0.3 is 10.2 Å². The molecule has 1 unspecified atom stereocenters. The van der Waals surface area contributed by atoms with Gasteiger partial charge >= 0.3 is 0 Å². The molecule has 0 spiro atoms. The zero-order valence-corrected chi connectivity index (χ0v) is 30.7. The van der Waals surface area contributed by atoms with Crippen LogP contribution in [-0.2, 0) is 25.8 Å². The highest BCUT2D eigenvalue weighted by molar-refractivity contribution is 7.15. The predicted octanol–water partition coefficient (Wildman–Crippen LogP) is 10.2. The minimum absolute atomic E-state index is 0. The van der Waals surface area contributed by atoms with E-state index in [-0.39, 0.29) is 24.9 Å². The molecule has 7 aromatic rings. The molecule has 0 saturated heterocycles. The third kappa shape index (κ3) is 7.61. The molecule has 0 aliphatic carbocycles. The summed E-state index contributed by atoms with van der Waals surface area (Å²) in [6.07, 6.45) is 2.71. The first-order valence-corrected chi connectivity index (χ1v) is 19.2. The second-order valence-corrected chi connectivity index (χ2v) is 14.9. The summed E-state index contributed by atoms with van der Waals surface area (Å²) in [5.41, 5.74) is 4.39. The average molecular weight is 729 g/mol. The number of fused-ring (bicyclic) bond motifs is 2. The van der Waals surface area contributed by atoms with Crippen LogP contribution < -0.4 is 10.9 Å². The Morgan fingerprint density at radius 3 is 2.19 bits per heavy atom. The zero-order chi connectivity index (χ0) is 36.0. The molecule has 0 saturated carbocycles. The SMILES string of the molecule is CCc1ccc(-c2nc3ccccc3c(=O)n2Cc2ccc(F)cc2)s1.CCc1ccc(C2Nc3ccccc3C(=O)N2CCc2ccccc2)s1.[HH]. The highest BCUT2D eigenvalue weighted by atomic mass is 32.1. The van der Waals surface area contributed by atoms with E-state index in [0.717, 1.165) is 41.0 Å². The molecule has 6 nitrogen and oxygen atoms in total. The fourth-order valence-electron chi connectivity index (χ4n) is 6.34. The molecule has 9 heteroatoms. The number of carbonyl (C=O) groups excluding carboxylic acids is 1. The Morgan fingerprint density at radius 2 is 1.44 bits per heavy atom. The maximum Gasteiger partial charge on any atom is 0.261 e. The number of benzene rings is 4. The van der Waals surface area contributed by atoms with E-state index in [0.29, 0.717) is 29.8 Å². The molecule has 3 aromatic heterocycles. The lowest BCUT2D eigenvalue weighted by molar-refractivity contribution is 0.0688. The van der Waals surface area contributed by atoms with Gasteiger partial charge in [0.05, 0.1) is 27.9 Å². The lowest BCUT2D eigenvalue weighted by Gasteiger charge is -2.37. The van der Waals surface area contributed by atoms with Gasteiger partial charge in [-0.2, -0.15) is 0 Å². The van der Waals surface area contributed by atoms with E-state index < -0.39 is 0 Å². The smallest absolute Gasteiger partial charge is 0.261 e. The van der Waals surface area contributed by atoms with Crippen LogP contribution in [0.15, 0.2) is 132 Å². The van der Waals surface area contributed by atoms with Crippen molar-refractivity contribution in [1.29, 1.82) is 0 Å². The van der Waals surface area contributed by atoms with Crippen molar-refractivity contribution in [3.63, 3.8) is 0 Å². The summed E-state index contributed by atoms with van der Waals surface area (Å²) in [6, 6.07) is 40.1. The summed E-state index contributed by atoms with van der Waals surface area (Å²) in [5.74, 6) is 0.471. The first kappa shape index (κ1) is 35.0. The number of nitrogens with zero attached hydrogens (tertiary/aromatic N) is 3. The Bertz CT molecular complexity index is 2370. The number of rotatable bonds is 9. The summed E-state index contributed by atoms with van der Waals surface area (Å²) in [6.45, 7) is 5.31. The van der Waals surface area contributed by atoms with Gasteiger partial charge in [0, 0.05) is 28.3 Å². The molecular formula is C43H41FN4O2S2. The third-order valence-corrected chi connectivity index (χ3v) is 11.7. The molecule has 0 radical (unpaired) electrons. The van der Waals surface area contributed by atoms with E-state index in [1.165, 1.54) is 32.3 Å². The Hall–Kier alpha value is -5.38. The summed E-state index contributed by atoms with van der Waals surface area (Å²) in [4.78, 5) is 37.8. The normalized spacial score (nSPS) is 13.7. The minimum atomic E-state index is -0.288. The number of nitrogens with one attached hydrogen (secondary N) is 1. The van der Waals surface area contributed by atoms with Crippen molar-refractivity contribution in [2.75, 3.05) is 11.9 Å². The van der Waals surface area contributed by atoms with Crippen LogP contribution in [0.4, 0.5) is 10.1 Å². The molecular weight excluding hydrogens is 688 g/mol. The van der Waals surface area contributed by atoms with Gasteiger partial charge in [-0.25, -0.2) is 9.37 Å². The molecule has 264 valence electrons. The van der Waals surface area contributed by atoms with Crippen molar-refractivity contribution in [2.24, 2.45) is 0 Å². The molecule has 0 bridgehead atoms. The van der Waals surface area contributed by atoms with Gasteiger partial charge in [0.15, 0.2) is 5.82 Å². The number of aryl methyl sites for hydroxylation is 2. The Morgan fingerprint density at radius 1 is 0.750 bits per heavy atom. The van der Waals surface area contributed by atoms with E-state index in [2.05, 4.69) is 49.5 Å². The highest BCUT2D eigenvalue weighted by Gasteiger charge is 2.33. The maximum absolute atomic E-state index is 13.2. The van der Waals surface area contributed by atoms with Gasteiger partial charge in [-0.05, 0) is 91.1 Å². The van der Waals surface area contributed by atoms with Gasteiger partial charge in [0.1, 0.15) is 12.0 Å². The summed E-state index contributed by atoms with van der Waals surface area (Å²) in [5, 5.41) is 4.17. The van der Waals surface area contributed by atoms with Crippen LogP contribution in [0, 0.1) is 5.82 Å². The van der Waals surface area contributed by atoms with Crippen molar-refractivity contribution in [3.05, 3.63) is 175 Å².